The van der Waals surface area contributed by atoms with Gasteiger partial charge in [0, 0.05) is 29.9 Å². The van der Waals surface area contributed by atoms with Gasteiger partial charge in [0.05, 0.1) is 5.69 Å². The number of benzene rings is 2. The number of aromatic carboxylic acids is 1. The smallest absolute Gasteiger partial charge is 0.353 e. The molecule has 0 aliphatic heterocycles. The van der Waals surface area contributed by atoms with E-state index < -0.39 is 11.6 Å². The van der Waals surface area contributed by atoms with Crippen molar-refractivity contribution in [3.05, 3.63) is 87.1 Å². The van der Waals surface area contributed by atoms with E-state index in [9.17, 15) is 19.5 Å². The van der Waals surface area contributed by atoms with Crippen LogP contribution in [0, 0.1) is 0 Å². The minimum atomic E-state index is -1.26. The molecule has 4 rings (SSSR count). The van der Waals surface area contributed by atoms with Crippen LogP contribution in [0.3, 0.4) is 0 Å². The first-order valence-electron chi connectivity index (χ1n) is 9.49. The summed E-state index contributed by atoms with van der Waals surface area (Å²) in [6.07, 6.45) is 0. The maximum absolute atomic E-state index is 11.9. The molecule has 0 aliphatic carbocycles. The standard InChI is InChI=1S/C14H15NO4.C9H6O2/c1-3-15(4-2)12-9-7-5-6-8-10(9)19-14(18)11(12)13(16)17;10-9-6-5-7-3-1-2-4-8(7)11-9/h5-8H,3-4H2,1-2H3,(H,16,17);1-6H. The zero-order valence-electron chi connectivity index (χ0n) is 16.6. The van der Waals surface area contributed by atoms with Gasteiger partial charge in [-0.1, -0.05) is 30.3 Å². The van der Waals surface area contributed by atoms with E-state index in [-0.39, 0.29) is 11.2 Å². The second-order valence-corrected chi connectivity index (χ2v) is 6.38. The van der Waals surface area contributed by atoms with Gasteiger partial charge in [-0.15, -0.1) is 0 Å². The van der Waals surface area contributed by atoms with E-state index >= 15 is 0 Å². The molecule has 0 saturated heterocycles. The lowest BCUT2D eigenvalue weighted by Crippen LogP contribution is -2.28. The number of carboxylic acids is 1. The zero-order valence-corrected chi connectivity index (χ0v) is 16.6. The van der Waals surface area contributed by atoms with Gasteiger partial charge in [0.2, 0.25) is 0 Å². The summed E-state index contributed by atoms with van der Waals surface area (Å²) in [5.41, 5.74) is 0.0583. The van der Waals surface area contributed by atoms with E-state index in [0.29, 0.717) is 35.3 Å². The van der Waals surface area contributed by atoms with Crippen molar-refractivity contribution in [3.8, 4) is 0 Å². The quantitative estimate of drug-likeness (QED) is 0.508. The van der Waals surface area contributed by atoms with Crippen molar-refractivity contribution in [1.29, 1.82) is 0 Å². The molecule has 0 saturated carbocycles. The van der Waals surface area contributed by atoms with Crippen LogP contribution in [-0.4, -0.2) is 24.2 Å². The topological polar surface area (TPSA) is 101 Å². The summed E-state index contributed by atoms with van der Waals surface area (Å²) in [6, 6.07) is 17.6. The second-order valence-electron chi connectivity index (χ2n) is 6.38. The van der Waals surface area contributed by atoms with Crippen molar-refractivity contribution in [2.24, 2.45) is 0 Å². The Balaban J connectivity index is 0.000000196. The minimum absolute atomic E-state index is 0.302. The Hall–Kier alpha value is -3.87. The van der Waals surface area contributed by atoms with Gasteiger partial charge in [0.1, 0.15) is 11.2 Å². The number of carbonyl (C=O) groups is 1. The Morgan fingerprint density at radius 3 is 2.17 bits per heavy atom. The van der Waals surface area contributed by atoms with Gasteiger partial charge < -0.3 is 18.8 Å². The number of anilines is 1. The number of para-hydroxylation sites is 2. The lowest BCUT2D eigenvalue weighted by molar-refractivity contribution is 0.0693. The highest BCUT2D eigenvalue weighted by molar-refractivity contribution is 6.03. The van der Waals surface area contributed by atoms with Crippen LogP contribution in [0.5, 0.6) is 0 Å². The molecule has 0 unspecified atom stereocenters. The van der Waals surface area contributed by atoms with Crippen molar-refractivity contribution >= 4 is 33.6 Å². The molecule has 1 N–H and O–H groups in total. The minimum Gasteiger partial charge on any atom is -0.477 e. The molecule has 0 aliphatic rings. The molecule has 0 atom stereocenters. The van der Waals surface area contributed by atoms with E-state index in [1.807, 2.05) is 36.9 Å². The molecule has 2 aromatic heterocycles. The molecule has 0 radical (unpaired) electrons. The van der Waals surface area contributed by atoms with Gasteiger partial charge >= 0.3 is 17.2 Å². The van der Waals surface area contributed by atoms with Crippen molar-refractivity contribution in [2.75, 3.05) is 18.0 Å². The molecule has 154 valence electrons. The van der Waals surface area contributed by atoms with Gasteiger partial charge in [0.25, 0.3) is 0 Å². The summed E-state index contributed by atoms with van der Waals surface area (Å²) in [5, 5.41) is 10.9. The lowest BCUT2D eigenvalue weighted by Gasteiger charge is -2.23. The number of carboxylic acid groups (broad SMARTS) is 1. The summed E-state index contributed by atoms with van der Waals surface area (Å²) < 4.78 is 9.98. The molecule has 0 amide bonds. The highest BCUT2D eigenvalue weighted by Gasteiger charge is 2.23. The van der Waals surface area contributed by atoms with Crippen molar-refractivity contribution in [1.82, 2.24) is 0 Å². The highest BCUT2D eigenvalue weighted by atomic mass is 16.4. The predicted molar refractivity (Wildman–Crippen MR) is 115 cm³/mol. The molecular weight excluding hydrogens is 386 g/mol. The molecular formula is C23H21NO6. The van der Waals surface area contributed by atoms with Crippen molar-refractivity contribution < 1.29 is 18.7 Å². The fourth-order valence-corrected chi connectivity index (χ4v) is 3.20. The van der Waals surface area contributed by atoms with E-state index in [1.54, 1.807) is 36.4 Å². The SMILES string of the molecule is CCN(CC)c1c(C(=O)O)c(=O)oc2ccccc12.O=c1ccc2ccccc2o1. The van der Waals surface area contributed by atoms with E-state index in [0.717, 1.165) is 5.39 Å². The Labute approximate surface area is 171 Å². The zero-order chi connectivity index (χ0) is 21.7. The van der Waals surface area contributed by atoms with Crippen molar-refractivity contribution in [3.63, 3.8) is 0 Å². The van der Waals surface area contributed by atoms with Gasteiger partial charge in [-0.05, 0) is 38.1 Å². The van der Waals surface area contributed by atoms with Crippen LogP contribution in [0.15, 0.2) is 79.1 Å². The fraction of sp³-hybridized carbons (Fsp3) is 0.174. The first-order chi connectivity index (χ1) is 14.5. The predicted octanol–water partition coefficient (Wildman–Crippen LogP) is 4.13. The highest BCUT2D eigenvalue weighted by Crippen LogP contribution is 2.28. The third-order valence-corrected chi connectivity index (χ3v) is 4.61. The van der Waals surface area contributed by atoms with Crippen LogP contribution in [0.2, 0.25) is 0 Å². The van der Waals surface area contributed by atoms with Crippen LogP contribution < -0.4 is 16.2 Å². The molecule has 0 fully saturated rings. The van der Waals surface area contributed by atoms with Gasteiger partial charge in [-0.25, -0.2) is 14.4 Å². The summed E-state index contributed by atoms with van der Waals surface area (Å²) in [5.74, 6) is -1.26. The number of hydrogen-bond donors (Lipinski definition) is 1. The Bertz CT molecular complexity index is 1300. The van der Waals surface area contributed by atoms with E-state index in [2.05, 4.69) is 0 Å². The van der Waals surface area contributed by atoms with Gasteiger partial charge in [-0.3, -0.25) is 0 Å². The number of hydrogen-bond acceptors (Lipinski definition) is 6. The Morgan fingerprint density at radius 1 is 0.867 bits per heavy atom. The van der Waals surface area contributed by atoms with Crippen LogP contribution >= 0.6 is 0 Å². The first kappa shape index (κ1) is 20.9. The van der Waals surface area contributed by atoms with Crippen LogP contribution in [0.1, 0.15) is 24.2 Å². The van der Waals surface area contributed by atoms with Gasteiger partial charge in [-0.2, -0.15) is 0 Å². The molecule has 4 aromatic rings. The Morgan fingerprint density at radius 2 is 1.50 bits per heavy atom. The average molecular weight is 407 g/mol. The van der Waals surface area contributed by atoms with Crippen LogP contribution in [0.25, 0.3) is 21.9 Å². The maximum atomic E-state index is 11.9. The summed E-state index contributed by atoms with van der Waals surface area (Å²) in [4.78, 5) is 35.8. The van der Waals surface area contributed by atoms with Crippen molar-refractivity contribution in [2.45, 2.75) is 13.8 Å². The average Bonchev–Trinajstić information content (AvgIpc) is 2.74. The second kappa shape index (κ2) is 9.09. The third-order valence-electron chi connectivity index (χ3n) is 4.61. The molecule has 7 heteroatoms. The first-order valence-corrected chi connectivity index (χ1v) is 9.49. The monoisotopic (exact) mass is 407 g/mol. The summed E-state index contributed by atoms with van der Waals surface area (Å²) >= 11 is 0. The third kappa shape index (κ3) is 4.25. The molecule has 30 heavy (non-hydrogen) atoms. The van der Waals surface area contributed by atoms with Gasteiger partial charge in [0.15, 0.2) is 5.56 Å². The molecule has 2 aromatic carbocycles. The normalized spacial score (nSPS) is 10.5. The van der Waals surface area contributed by atoms with E-state index in [1.165, 1.54) is 6.07 Å². The lowest BCUT2D eigenvalue weighted by atomic mass is 10.1. The number of nitrogens with zero attached hydrogens (tertiary/aromatic N) is 1. The largest absolute Gasteiger partial charge is 0.477 e. The molecule has 0 spiro atoms. The maximum Gasteiger partial charge on any atom is 0.353 e. The fourth-order valence-electron chi connectivity index (χ4n) is 3.20. The number of fused-ring (bicyclic) bond motifs is 2. The number of rotatable bonds is 4. The molecule has 2 heterocycles. The summed E-state index contributed by atoms with van der Waals surface area (Å²) in [7, 11) is 0. The van der Waals surface area contributed by atoms with Crippen LogP contribution in [0.4, 0.5) is 5.69 Å². The van der Waals surface area contributed by atoms with Crippen LogP contribution in [-0.2, 0) is 0 Å². The van der Waals surface area contributed by atoms with E-state index in [4.69, 9.17) is 8.83 Å². The molecule has 0 bridgehead atoms. The summed E-state index contributed by atoms with van der Waals surface area (Å²) in [6.45, 7) is 5.06. The Kier molecular flexibility index (Phi) is 6.32. The molecule has 7 nitrogen and oxygen atoms in total.